The highest BCUT2D eigenvalue weighted by Gasteiger charge is 1.94. The van der Waals surface area contributed by atoms with Gasteiger partial charge in [-0.05, 0) is 54.7 Å². The minimum absolute atomic E-state index is 1.12. The van der Waals surface area contributed by atoms with Crippen LogP contribution in [0.5, 0.6) is 0 Å². The zero-order valence-corrected chi connectivity index (χ0v) is 8.63. The molecule has 2 heterocycles. The van der Waals surface area contributed by atoms with E-state index >= 15 is 0 Å². The van der Waals surface area contributed by atoms with Gasteiger partial charge in [0, 0.05) is 24.8 Å². The molecular formula is C13H14N2. The Kier molecular flexibility index (Phi) is 3.44. The van der Waals surface area contributed by atoms with E-state index in [-0.39, 0.29) is 0 Å². The standard InChI is InChI=1S/C13H14N2/c1(2-12-4-8-14-9-5-12)3-13-6-10-15-11-7-13/h4-11H,1-3H2. The molecule has 0 aliphatic heterocycles. The normalized spacial score (nSPS) is 10.1. The van der Waals surface area contributed by atoms with E-state index in [1.54, 1.807) is 0 Å². The molecule has 0 radical (unpaired) electrons. The molecule has 2 nitrogen and oxygen atoms in total. The average Bonchev–Trinajstić information content (AvgIpc) is 2.32. The lowest BCUT2D eigenvalue weighted by atomic mass is 10.1. The lowest BCUT2D eigenvalue weighted by Gasteiger charge is -2.01. The number of hydrogen-bond acceptors (Lipinski definition) is 2. The molecule has 0 spiro atoms. The van der Waals surface area contributed by atoms with Crippen molar-refractivity contribution in [2.24, 2.45) is 0 Å². The van der Waals surface area contributed by atoms with Gasteiger partial charge in [-0.2, -0.15) is 0 Å². The van der Waals surface area contributed by atoms with Crippen LogP contribution in [0.3, 0.4) is 0 Å². The molecule has 15 heavy (non-hydrogen) atoms. The van der Waals surface area contributed by atoms with Gasteiger partial charge in [0.2, 0.25) is 0 Å². The molecule has 0 saturated heterocycles. The minimum Gasteiger partial charge on any atom is -0.265 e. The molecule has 0 fully saturated rings. The Labute approximate surface area is 90.0 Å². The molecule has 2 aromatic rings. The summed E-state index contributed by atoms with van der Waals surface area (Å²) in [5.74, 6) is 0. The first-order valence-electron chi connectivity index (χ1n) is 5.23. The summed E-state index contributed by atoms with van der Waals surface area (Å²) in [4.78, 5) is 8.01. The highest BCUT2D eigenvalue weighted by Crippen LogP contribution is 2.06. The molecule has 0 aliphatic rings. The molecule has 76 valence electrons. The maximum atomic E-state index is 4.00. The minimum atomic E-state index is 1.12. The maximum absolute atomic E-state index is 4.00. The quantitative estimate of drug-likeness (QED) is 0.754. The first kappa shape index (κ1) is 9.84. The zero-order chi connectivity index (χ0) is 10.3. The van der Waals surface area contributed by atoms with E-state index in [1.165, 1.54) is 17.5 Å². The van der Waals surface area contributed by atoms with Crippen LogP contribution in [0, 0.1) is 0 Å². The summed E-state index contributed by atoms with van der Waals surface area (Å²) < 4.78 is 0. The van der Waals surface area contributed by atoms with Crippen molar-refractivity contribution in [2.45, 2.75) is 19.3 Å². The van der Waals surface area contributed by atoms with E-state index in [0.717, 1.165) is 12.8 Å². The summed E-state index contributed by atoms with van der Waals surface area (Å²) in [6.45, 7) is 0. The molecule has 0 atom stereocenters. The van der Waals surface area contributed by atoms with Gasteiger partial charge in [0.05, 0.1) is 0 Å². The Bertz CT molecular complexity index is 344. The molecule has 0 saturated carbocycles. The van der Waals surface area contributed by atoms with Gasteiger partial charge in [0.1, 0.15) is 0 Å². The van der Waals surface area contributed by atoms with Crippen LogP contribution in [0.2, 0.25) is 0 Å². The number of nitrogens with zero attached hydrogens (tertiary/aromatic N) is 2. The molecule has 0 unspecified atom stereocenters. The lowest BCUT2D eigenvalue weighted by Crippen LogP contribution is -1.90. The van der Waals surface area contributed by atoms with Crippen molar-refractivity contribution < 1.29 is 0 Å². The fraction of sp³-hybridized carbons (Fsp3) is 0.231. The van der Waals surface area contributed by atoms with E-state index in [1.807, 2.05) is 24.8 Å². The van der Waals surface area contributed by atoms with Crippen LogP contribution < -0.4 is 0 Å². The SMILES string of the molecule is c1cc(CCCc2ccncc2)ccn1. The summed E-state index contributed by atoms with van der Waals surface area (Å²) in [6, 6.07) is 8.30. The average molecular weight is 198 g/mol. The van der Waals surface area contributed by atoms with Crippen molar-refractivity contribution in [3.63, 3.8) is 0 Å². The second-order valence-corrected chi connectivity index (χ2v) is 3.56. The van der Waals surface area contributed by atoms with Crippen molar-refractivity contribution in [1.82, 2.24) is 9.97 Å². The summed E-state index contributed by atoms with van der Waals surface area (Å²) in [6.07, 6.45) is 10.8. The smallest absolute Gasteiger partial charge is 0.0270 e. The van der Waals surface area contributed by atoms with Crippen LogP contribution in [-0.4, -0.2) is 9.97 Å². The van der Waals surface area contributed by atoms with Crippen molar-refractivity contribution >= 4 is 0 Å². The number of pyridine rings is 2. The number of aromatic nitrogens is 2. The van der Waals surface area contributed by atoms with E-state index in [4.69, 9.17) is 0 Å². The monoisotopic (exact) mass is 198 g/mol. The molecule has 0 amide bonds. The zero-order valence-electron chi connectivity index (χ0n) is 8.63. The molecule has 0 N–H and O–H groups in total. The van der Waals surface area contributed by atoms with Gasteiger partial charge in [-0.25, -0.2) is 0 Å². The van der Waals surface area contributed by atoms with E-state index in [0.29, 0.717) is 0 Å². The summed E-state index contributed by atoms with van der Waals surface area (Å²) in [5, 5.41) is 0. The molecule has 2 heteroatoms. The molecule has 2 rings (SSSR count). The van der Waals surface area contributed by atoms with Crippen LogP contribution in [0.15, 0.2) is 49.1 Å². The Balaban J connectivity index is 1.81. The van der Waals surface area contributed by atoms with Gasteiger partial charge in [-0.15, -0.1) is 0 Å². The Hall–Kier alpha value is -1.70. The third kappa shape index (κ3) is 3.17. The third-order valence-electron chi connectivity index (χ3n) is 2.43. The van der Waals surface area contributed by atoms with Crippen LogP contribution in [0.25, 0.3) is 0 Å². The maximum Gasteiger partial charge on any atom is 0.0270 e. The summed E-state index contributed by atoms with van der Waals surface area (Å²) >= 11 is 0. The van der Waals surface area contributed by atoms with Crippen LogP contribution in [0.4, 0.5) is 0 Å². The van der Waals surface area contributed by atoms with Gasteiger partial charge < -0.3 is 0 Å². The molecule has 0 aliphatic carbocycles. The Morgan fingerprint density at radius 3 is 1.47 bits per heavy atom. The van der Waals surface area contributed by atoms with Gasteiger partial charge >= 0.3 is 0 Å². The number of rotatable bonds is 4. The van der Waals surface area contributed by atoms with Crippen LogP contribution >= 0.6 is 0 Å². The lowest BCUT2D eigenvalue weighted by molar-refractivity contribution is 0.818. The fourth-order valence-corrected chi connectivity index (χ4v) is 1.60. The van der Waals surface area contributed by atoms with Crippen molar-refractivity contribution in [1.29, 1.82) is 0 Å². The van der Waals surface area contributed by atoms with Crippen LogP contribution in [-0.2, 0) is 12.8 Å². The molecule has 2 aromatic heterocycles. The van der Waals surface area contributed by atoms with Crippen molar-refractivity contribution in [2.75, 3.05) is 0 Å². The topological polar surface area (TPSA) is 25.8 Å². The number of aryl methyl sites for hydroxylation is 2. The van der Waals surface area contributed by atoms with E-state index in [9.17, 15) is 0 Å². The Morgan fingerprint density at radius 1 is 0.667 bits per heavy atom. The third-order valence-corrected chi connectivity index (χ3v) is 2.43. The summed E-state index contributed by atoms with van der Waals surface area (Å²) in [7, 11) is 0. The second-order valence-electron chi connectivity index (χ2n) is 3.56. The first-order valence-corrected chi connectivity index (χ1v) is 5.23. The first-order chi connectivity index (χ1) is 7.45. The van der Waals surface area contributed by atoms with Gasteiger partial charge in [0.25, 0.3) is 0 Å². The van der Waals surface area contributed by atoms with E-state index in [2.05, 4.69) is 34.2 Å². The Morgan fingerprint density at radius 2 is 1.07 bits per heavy atom. The summed E-state index contributed by atoms with van der Waals surface area (Å²) in [5.41, 5.74) is 2.72. The second kappa shape index (κ2) is 5.25. The number of hydrogen-bond donors (Lipinski definition) is 0. The van der Waals surface area contributed by atoms with Crippen molar-refractivity contribution in [3.8, 4) is 0 Å². The van der Waals surface area contributed by atoms with Crippen LogP contribution in [0.1, 0.15) is 17.5 Å². The molecule has 0 bridgehead atoms. The predicted octanol–water partition coefficient (Wildman–Crippen LogP) is 2.65. The van der Waals surface area contributed by atoms with Gasteiger partial charge in [0.15, 0.2) is 0 Å². The van der Waals surface area contributed by atoms with Gasteiger partial charge in [-0.1, -0.05) is 0 Å². The van der Waals surface area contributed by atoms with E-state index < -0.39 is 0 Å². The molecule has 0 aromatic carbocycles. The van der Waals surface area contributed by atoms with Gasteiger partial charge in [-0.3, -0.25) is 9.97 Å². The highest BCUT2D eigenvalue weighted by molar-refractivity contribution is 5.12. The van der Waals surface area contributed by atoms with Crippen molar-refractivity contribution in [3.05, 3.63) is 60.2 Å². The molecular weight excluding hydrogens is 184 g/mol. The fourth-order valence-electron chi connectivity index (χ4n) is 1.60. The predicted molar refractivity (Wildman–Crippen MR) is 60.5 cm³/mol. The highest BCUT2D eigenvalue weighted by atomic mass is 14.6. The largest absolute Gasteiger partial charge is 0.265 e.